The monoisotopic (exact) mass is 150 g/mol. The first-order chi connectivity index (χ1) is 5.37. The van der Waals surface area contributed by atoms with Gasteiger partial charge in [0.15, 0.2) is 11.9 Å². The molecule has 0 aromatic rings. The van der Waals surface area contributed by atoms with E-state index < -0.39 is 0 Å². The highest BCUT2D eigenvalue weighted by atomic mass is 16.6. The van der Waals surface area contributed by atoms with Crippen LogP contribution in [0.3, 0.4) is 0 Å². The van der Waals surface area contributed by atoms with E-state index in [-0.39, 0.29) is 5.60 Å². The van der Waals surface area contributed by atoms with Crippen LogP contribution in [0.25, 0.3) is 0 Å². The van der Waals surface area contributed by atoms with Crippen molar-refractivity contribution in [2.45, 2.75) is 37.4 Å². The molecule has 0 amide bonds. The van der Waals surface area contributed by atoms with Crippen molar-refractivity contribution in [2.24, 2.45) is 0 Å². The Kier molecular flexibility index (Phi) is 1.47. The zero-order valence-electron chi connectivity index (χ0n) is 6.30. The molecule has 2 heteroatoms. The fourth-order valence-electron chi connectivity index (χ4n) is 1.77. The first-order valence-corrected chi connectivity index (χ1v) is 4.01. The van der Waals surface area contributed by atoms with E-state index in [0.29, 0.717) is 12.4 Å². The molecule has 1 saturated carbocycles. The van der Waals surface area contributed by atoms with Gasteiger partial charge in [-0.1, -0.05) is 12.3 Å². The summed E-state index contributed by atoms with van der Waals surface area (Å²) < 4.78 is 5.44. The maximum atomic E-state index is 9.98. The van der Waals surface area contributed by atoms with E-state index in [1.807, 2.05) is 0 Å². The predicted octanol–water partition coefficient (Wildman–Crippen LogP) is 0.900. The molecule has 1 aliphatic carbocycles. The average molecular weight is 150 g/mol. The van der Waals surface area contributed by atoms with Crippen LogP contribution in [0.2, 0.25) is 0 Å². The number of hydrogen-bond acceptors (Lipinski definition) is 2. The molecule has 2 unspecified atom stereocenters. The molecule has 0 N–H and O–H groups in total. The Morgan fingerprint density at radius 1 is 1.55 bits per heavy atom. The van der Waals surface area contributed by atoms with Gasteiger partial charge in [-0.25, -0.2) is 0 Å². The van der Waals surface area contributed by atoms with Gasteiger partial charge in [-0.15, -0.1) is 0 Å². The zero-order valence-corrected chi connectivity index (χ0v) is 6.30. The van der Waals surface area contributed by atoms with Gasteiger partial charge in [0.2, 0.25) is 0 Å². The highest BCUT2D eigenvalue weighted by molar-refractivity contribution is 5.73. The summed E-state index contributed by atoms with van der Waals surface area (Å²) in [5.41, 5.74) is -0.195. The third kappa shape index (κ3) is 1.06. The highest BCUT2D eigenvalue weighted by Crippen LogP contribution is 2.47. The minimum atomic E-state index is -0.195. The Balaban J connectivity index is 2.07. The smallest absolute Gasteiger partial charge is 0.192 e. The van der Waals surface area contributed by atoms with Crippen molar-refractivity contribution >= 4 is 6.29 Å². The molecule has 2 rings (SSSR count). The van der Waals surface area contributed by atoms with Crippen LogP contribution in [0, 0.1) is 11.8 Å². The third-order valence-electron chi connectivity index (χ3n) is 2.42. The number of carbonyl (C=O) groups is 1. The van der Waals surface area contributed by atoms with Crippen LogP contribution in [0.5, 0.6) is 0 Å². The number of aldehydes is 1. The fourth-order valence-corrected chi connectivity index (χ4v) is 1.77. The quantitative estimate of drug-likeness (QED) is 0.292. The van der Waals surface area contributed by atoms with Gasteiger partial charge in [-0.3, -0.25) is 4.79 Å². The maximum Gasteiger partial charge on any atom is 0.192 e. The molecule has 2 nitrogen and oxygen atoms in total. The predicted molar refractivity (Wildman–Crippen MR) is 39.9 cm³/mol. The SMILES string of the molecule is O=CC#CC12CCCCC1O2. The topological polar surface area (TPSA) is 29.6 Å². The summed E-state index contributed by atoms with van der Waals surface area (Å²) in [5.74, 6) is 5.33. The molecular formula is C9H10O2. The Hall–Kier alpha value is -0.810. The van der Waals surface area contributed by atoms with Gasteiger partial charge in [0.1, 0.15) is 0 Å². The molecular weight excluding hydrogens is 140 g/mol. The lowest BCUT2D eigenvalue weighted by molar-refractivity contribution is -0.103. The molecule has 2 fully saturated rings. The molecule has 2 atom stereocenters. The fraction of sp³-hybridized carbons (Fsp3) is 0.667. The second-order valence-corrected chi connectivity index (χ2v) is 3.13. The lowest BCUT2D eigenvalue weighted by Gasteiger charge is -2.09. The van der Waals surface area contributed by atoms with Crippen molar-refractivity contribution in [3.05, 3.63) is 0 Å². The van der Waals surface area contributed by atoms with E-state index >= 15 is 0 Å². The van der Waals surface area contributed by atoms with Crippen LogP contribution >= 0.6 is 0 Å². The summed E-state index contributed by atoms with van der Waals surface area (Å²) in [6.07, 6.45) is 5.54. The second kappa shape index (κ2) is 2.35. The van der Waals surface area contributed by atoms with Crippen molar-refractivity contribution in [2.75, 3.05) is 0 Å². The van der Waals surface area contributed by atoms with Crippen molar-refractivity contribution in [3.8, 4) is 11.8 Å². The van der Waals surface area contributed by atoms with Crippen molar-refractivity contribution in [1.29, 1.82) is 0 Å². The summed E-state index contributed by atoms with van der Waals surface area (Å²) in [7, 11) is 0. The van der Waals surface area contributed by atoms with Crippen LogP contribution in [0.1, 0.15) is 25.7 Å². The van der Waals surface area contributed by atoms with Crippen LogP contribution in [-0.2, 0) is 9.53 Å². The van der Waals surface area contributed by atoms with Gasteiger partial charge in [0, 0.05) is 0 Å². The number of fused-ring (bicyclic) bond motifs is 1. The zero-order chi connectivity index (χ0) is 7.73. The summed E-state index contributed by atoms with van der Waals surface area (Å²) in [5, 5.41) is 0. The Morgan fingerprint density at radius 2 is 2.45 bits per heavy atom. The lowest BCUT2D eigenvalue weighted by atomic mass is 9.90. The number of epoxide rings is 1. The lowest BCUT2D eigenvalue weighted by Crippen LogP contribution is -2.16. The highest BCUT2D eigenvalue weighted by Gasteiger charge is 2.56. The molecule has 0 spiro atoms. The summed E-state index contributed by atoms with van der Waals surface area (Å²) in [6.45, 7) is 0. The summed E-state index contributed by atoms with van der Waals surface area (Å²) in [6, 6.07) is 0. The Morgan fingerprint density at radius 3 is 3.18 bits per heavy atom. The summed E-state index contributed by atoms with van der Waals surface area (Å²) >= 11 is 0. The average Bonchev–Trinajstić information content (AvgIpc) is 2.75. The van der Waals surface area contributed by atoms with Crippen molar-refractivity contribution < 1.29 is 9.53 Å². The van der Waals surface area contributed by atoms with Gasteiger partial charge in [-0.05, 0) is 25.2 Å². The van der Waals surface area contributed by atoms with Gasteiger partial charge in [0.05, 0.1) is 6.10 Å². The van der Waals surface area contributed by atoms with Crippen LogP contribution in [-0.4, -0.2) is 18.0 Å². The number of carbonyl (C=O) groups excluding carboxylic acids is 1. The number of hydrogen-bond donors (Lipinski definition) is 0. The first kappa shape index (κ1) is 6.87. The molecule has 1 aliphatic heterocycles. The van der Waals surface area contributed by atoms with Gasteiger partial charge >= 0.3 is 0 Å². The van der Waals surface area contributed by atoms with Crippen LogP contribution in [0.15, 0.2) is 0 Å². The normalized spacial score (nSPS) is 39.8. The third-order valence-corrected chi connectivity index (χ3v) is 2.42. The molecule has 0 radical (unpaired) electrons. The minimum absolute atomic E-state index is 0.195. The molecule has 0 bridgehead atoms. The standard InChI is InChI=1S/C9H10O2/c10-7-3-6-9-5-2-1-4-8(9)11-9/h7-8H,1-2,4-5H2. The van der Waals surface area contributed by atoms with E-state index in [2.05, 4.69) is 11.8 Å². The number of ether oxygens (including phenoxy) is 1. The molecule has 58 valence electrons. The van der Waals surface area contributed by atoms with Gasteiger partial charge < -0.3 is 4.74 Å². The van der Waals surface area contributed by atoms with Gasteiger partial charge in [-0.2, -0.15) is 0 Å². The molecule has 1 heterocycles. The van der Waals surface area contributed by atoms with E-state index in [1.165, 1.54) is 12.8 Å². The number of rotatable bonds is 0. The van der Waals surface area contributed by atoms with E-state index in [0.717, 1.165) is 12.8 Å². The van der Waals surface area contributed by atoms with E-state index in [9.17, 15) is 4.79 Å². The largest absolute Gasteiger partial charge is 0.352 e. The molecule has 2 aliphatic rings. The van der Waals surface area contributed by atoms with Crippen LogP contribution in [0.4, 0.5) is 0 Å². The molecule has 0 aromatic carbocycles. The van der Waals surface area contributed by atoms with Crippen molar-refractivity contribution in [3.63, 3.8) is 0 Å². The van der Waals surface area contributed by atoms with Crippen LogP contribution < -0.4 is 0 Å². The molecule has 1 saturated heterocycles. The second-order valence-electron chi connectivity index (χ2n) is 3.13. The Labute approximate surface area is 65.9 Å². The van der Waals surface area contributed by atoms with Gasteiger partial charge in [0.25, 0.3) is 0 Å². The Bertz CT molecular complexity index is 236. The van der Waals surface area contributed by atoms with Crippen molar-refractivity contribution in [1.82, 2.24) is 0 Å². The van der Waals surface area contributed by atoms with E-state index in [1.54, 1.807) is 0 Å². The first-order valence-electron chi connectivity index (χ1n) is 4.01. The van der Waals surface area contributed by atoms with E-state index in [4.69, 9.17) is 4.74 Å². The minimum Gasteiger partial charge on any atom is -0.352 e. The maximum absolute atomic E-state index is 9.98. The summed E-state index contributed by atoms with van der Waals surface area (Å²) in [4.78, 5) is 9.98. The molecule has 0 aromatic heterocycles. The molecule has 11 heavy (non-hydrogen) atoms.